The Hall–Kier alpha value is -2.57. The summed E-state index contributed by atoms with van der Waals surface area (Å²) in [6.07, 6.45) is 1.09. The van der Waals surface area contributed by atoms with Crippen LogP contribution < -0.4 is 11.5 Å². The summed E-state index contributed by atoms with van der Waals surface area (Å²) < 4.78 is 5.00. The Morgan fingerprint density at radius 2 is 1.91 bits per heavy atom. The second kappa shape index (κ2) is 6.93. The lowest BCUT2D eigenvalue weighted by molar-refractivity contribution is -0.137. The number of ether oxygens (including phenoxy) is 1. The number of anilines is 1. The molecule has 7 nitrogen and oxygen atoms in total. The highest BCUT2D eigenvalue weighted by molar-refractivity contribution is 5.92. The minimum atomic E-state index is -0.590. The molecule has 118 valence electrons. The molecular formula is C15H19N3O4. The predicted octanol–water partition coefficient (Wildman–Crippen LogP) is 0.150. The first-order valence-electron chi connectivity index (χ1n) is 7.07. The molecule has 1 saturated heterocycles. The van der Waals surface area contributed by atoms with Crippen LogP contribution in [0, 0.1) is 5.92 Å². The van der Waals surface area contributed by atoms with Crippen molar-refractivity contribution in [2.24, 2.45) is 11.7 Å². The molecule has 1 heterocycles. The van der Waals surface area contributed by atoms with Crippen molar-refractivity contribution in [1.82, 2.24) is 4.90 Å². The first-order chi connectivity index (χ1) is 10.5. The number of benzene rings is 1. The van der Waals surface area contributed by atoms with Gasteiger partial charge in [-0.05, 0) is 31.0 Å². The Balaban J connectivity index is 1.81. The number of nitrogen functional groups attached to an aromatic ring is 1. The van der Waals surface area contributed by atoms with Crippen LogP contribution in [0.1, 0.15) is 23.2 Å². The first-order valence-corrected chi connectivity index (χ1v) is 7.07. The van der Waals surface area contributed by atoms with E-state index >= 15 is 0 Å². The van der Waals surface area contributed by atoms with Crippen molar-refractivity contribution in [2.45, 2.75) is 12.8 Å². The second-order valence-electron chi connectivity index (χ2n) is 5.26. The van der Waals surface area contributed by atoms with Gasteiger partial charge in [0.2, 0.25) is 5.91 Å². The Morgan fingerprint density at radius 3 is 2.50 bits per heavy atom. The van der Waals surface area contributed by atoms with E-state index in [0.717, 1.165) is 0 Å². The third kappa shape index (κ3) is 3.97. The van der Waals surface area contributed by atoms with Crippen molar-refractivity contribution in [1.29, 1.82) is 0 Å². The molecule has 0 saturated carbocycles. The van der Waals surface area contributed by atoms with Crippen LogP contribution >= 0.6 is 0 Å². The van der Waals surface area contributed by atoms with E-state index in [1.165, 1.54) is 6.07 Å². The second-order valence-corrected chi connectivity index (χ2v) is 5.26. The molecule has 0 spiro atoms. The van der Waals surface area contributed by atoms with E-state index in [2.05, 4.69) is 0 Å². The summed E-state index contributed by atoms with van der Waals surface area (Å²) in [7, 11) is 0. The number of hydrogen-bond acceptors (Lipinski definition) is 5. The Morgan fingerprint density at radius 1 is 1.23 bits per heavy atom. The van der Waals surface area contributed by atoms with Gasteiger partial charge in [0.1, 0.15) is 0 Å². The Kier molecular flexibility index (Phi) is 4.98. The third-order valence-electron chi connectivity index (χ3n) is 3.70. The molecule has 1 fully saturated rings. The van der Waals surface area contributed by atoms with Crippen molar-refractivity contribution in [2.75, 3.05) is 25.4 Å². The third-order valence-corrected chi connectivity index (χ3v) is 3.70. The number of carbonyl (C=O) groups excluding carboxylic acids is 3. The van der Waals surface area contributed by atoms with Gasteiger partial charge in [-0.25, -0.2) is 4.79 Å². The van der Waals surface area contributed by atoms with E-state index in [4.69, 9.17) is 16.2 Å². The summed E-state index contributed by atoms with van der Waals surface area (Å²) in [5.74, 6) is -1.38. The molecule has 0 aliphatic carbocycles. The summed E-state index contributed by atoms with van der Waals surface area (Å²) in [4.78, 5) is 36.4. The van der Waals surface area contributed by atoms with Crippen molar-refractivity contribution >= 4 is 23.5 Å². The maximum Gasteiger partial charge on any atom is 0.338 e. The van der Waals surface area contributed by atoms with Crippen LogP contribution in [0.3, 0.4) is 0 Å². The van der Waals surface area contributed by atoms with E-state index in [-0.39, 0.29) is 24.3 Å². The molecule has 0 aromatic heterocycles. The van der Waals surface area contributed by atoms with Gasteiger partial charge in [0.05, 0.1) is 5.56 Å². The van der Waals surface area contributed by atoms with Gasteiger partial charge < -0.3 is 21.1 Å². The van der Waals surface area contributed by atoms with Crippen LogP contribution in [0.5, 0.6) is 0 Å². The zero-order chi connectivity index (χ0) is 16.1. The van der Waals surface area contributed by atoms with E-state index in [1.807, 2.05) is 0 Å². The zero-order valence-electron chi connectivity index (χ0n) is 12.2. The molecule has 1 aromatic carbocycles. The predicted molar refractivity (Wildman–Crippen MR) is 79.6 cm³/mol. The maximum absolute atomic E-state index is 12.0. The molecule has 0 bridgehead atoms. The van der Waals surface area contributed by atoms with Crippen molar-refractivity contribution in [3.05, 3.63) is 29.8 Å². The van der Waals surface area contributed by atoms with E-state index < -0.39 is 5.97 Å². The number of carbonyl (C=O) groups is 3. The van der Waals surface area contributed by atoms with Gasteiger partial charge in [-0.2, -0.15) is 0 Å². The highest BCUT2D eigenvalue weighted by Crippen LogP contribution is 2.16. The van der Waals surface area contributed by atoms with E-state index in [1.54, 1.807) is 23.1 Å². The molecule has 1 aromatic rings. The minimum absolute atomic E-state index is 0.182. The molecule has 7 heteroatoms. The quantitative estimate of drug-likeness (QED) is 0.607. The highest BCUT2D eigenvalue weighted by Gasteiger charge is 2.26. The molecular weight excluding hydrogens is 286 g/mol. The summed E-state index contributed by atoms with van der Waals surface area (Å²) in [6.45, 7) is 0.569. The zero-order valence-corrected chi connectivity index (χ0v) is 12.2. The lowest BCUT2D eigenvalue weighted by Crippen LogP contribution is -2.43. The topological polar surface area (TPSA) is 116 Å². The SMILES string of the molecule is NC(=O)C1CCN(C(=O)COC(=O)c2cccc(N)c2)CC1. The molecule has 2 rings (SSSR count). The Bertz CT molecular complexity index is 580. The number of hydrogen-bond donors (Lipinski definition) is 2. The molecule has 0 radical (unpaired) electrons. The van der Waals surface area contributed by atoms with Crippen LogP contribution in [-0.2, 0) is 14.3 Å². The van der Waals surface area contributed by atoms with Gasteiger partial charge >= 0.3 is 5.97 Å². The number of amides is 2. The average Bonchev–Trinajstić information content (AvgIpc) is 2.52. The monoisotopic (exact) mass is 305 g/mol. The normalized spacial score (nSPS) is 15.4. The lowest BCUT2D eigenvalue weighted by Gasteiger charge is -2.30. The number of likely N-dealkylation sites (tertiary alicyclic amines) is 1. The maximum atomic E-state index is 12.0. The molecule has 1 aliphatic heterocycles. The smallest absolute Gasteiger partial charge is 0.338 e. The fourth-order valence-corrected chi connectivity index (χ4v) is 2.38. The van der Waals surface area contributed by atoms with Gasteiger partial charge in [0.15, 0.2) is 6.61 Å². The van der Waals surface area contributed by atoms with Crippen molar-refractivity contribution < 1.29 is 19.1 Å². The first kappa shape index (κ1) is 15.8. The van der Waals surface area contributed by atoms with Crippen LogP contribution in [0.2, 0.25) is 0 Å². The molecule has 22 heavy (non-hydrogen) atoms. The average molecular weight is 305 g/mol. The van der Waals surface area contributed by atoms with Crippen molar-refractivity contribution in [3.63, 3.8) is 0 Å². The summed E-state index contributed by atoms with van der Waals surface area (Å²) in [5, 5.41) is 0. The molecule has 0 unspecified atom stereocenters. The minimum Gasteiger partial charge on any atom is -0.452 e. The Labute approximate surface area is 128 Å². The van der Waals surface area contributed by atoms with Gasteiger partial charge in [-0.1, -0.05) is 6.07 Å². The molecule has 0 atom stereocenters. The largest absolute Gasteiger partial charge is 0.452 e. The van der Waals surface area contributed by atoms with Gasteiger partial charge in [0, 0.05) is 24.7 Å². The summed E-state index contributed by atoms with van der Waals surface area (Å²) in [5.41, 5.74) is 11.6. The fourth-order valence-electron chi connectivity index (χ4n) is 2.38. The molecule has 2 amide bonds. The number of nitrogens with two attached hydrogens (primary N) is 2. The standard InChI is InChI=1S/C15H19N3O4/c16-12-3-1-2-11(8-12)15(21)22-9-13(19)18-6-4-10(5-7-18)14(17)20/h1-3,8,10H,4-7,9,16H2,(H2,17,20). The number of rotatable bonds is 4. The fraction of sp³-hybridized carbons (Fsp3) is 0.400. The lowest BCUT2D eigenvalue weighted by atomic mass is 9.96. The van der Waals surface area contributed by atoms with Gasteiger partial charge in [-0.15, -0.1) is 0 Å². The van der Waals surface area contributed by atoms with Gasteiger partial charge in [0.25, 0.3) is 5.91 Å². The van der Waals surface area contributed by atoms with Crippen LogP contribution in [-0.4, -0.2) is 42.4 Å². The van der Waals surface area contributed by atoms with Crippen LogP contribution in [0.25, 0.3) is 0 Å². The number of nitrogens with zero attached hydrogens (tertiary/aromatic N) is 1. The number of primary amides is 1. The van der Waals surface area contributed by atoms with Crippen molar-refractivity contribution in [3.8, 4) is 0 Å². The van der Waals surface area contributed by atoms with Gasteiger partial charge in [-0.3, -0.25) is 9.59 Å². The van der Waals surface area contributed by atoms with Crippen LogP contribution in [0.15, 0.2) is 24.3 Å². The number of piperidine rings is 1. The highest BCUT2D eigenvalue weighted by atomic mass is 16.5. The number of esters is 1. The molecule has 4 N–H and O–H groups in total. The summed E-state index contributed by atoms with van der Waals surface area (Å²) in [6, 6.07) is 6.36. The molecule has 1 aliphatic rings. The van der Waals surface area contributed by atoms with Crippen LogP contribution in [0.4, 0.5) is 5.69 Å². The summed E-state index contributed by atoms with van der Waals surface area (Å²) >= 11 is 0. The van der Waals surface area contributed by atoms with E-state index in [9.17, 15) is 14.4 Å². The van der Waals surface area contributed by atoms with E-state index in [0.29, 0.717) is 37.2 Å².